The van der Waals surface area contributed by atoms with Crippen LogP contribution in [-0.4, -0.2) is 27.6 Å². The predicted molar refractivity (Wildman–Crippen MR) is 75.5 cm³/mol. The van der Waals surface area contributed by atoms with Gasteiger partial charge in [-0.05, 0) is 43.2 Å². The van der Waals surface area contributed by atoms with Gasteiger partial charge in [0.15, 0.2) is 0 Å². The van der Waals surface area contributed by atoms with Gasteiger partial charge in [0, 0.05) is 12.2 Å². The highest BCUT2D eigenvalue weighted by atomic mass is 16.4. The van der Waals surface area contributed by atoms with Gasteiger partial charge in [-0.25, -0.2) is 0 Å². The van der Waals surface area contributed by atoms with E-state index in [4.69, 9.17) is 5.11 Å². The molecule has 5 heteroatoms. The minimum Gasteiger partial charge on any atom is -0.480 e. The lowest BCUT2D eigenvalue weighted by Crippen LogP contribution is -2.43. The SMILES string of the molecule is CC1CCC(NC(=O)c2cccn2CC(=O)O)C(C)C1. The molecule has 1 aliphatic rings. The Morgan fingerprint density at radius 1 is 1.40 bits per heavy atom. The highest BCUT2D eigenvalue weighted by Crippen LogP contribution is 2.28. The third-order valence-corrected chi connectivity index (χ3v) is 4.12. The molecule has 1 aromatic heterocycles. The number of rotatable bonds is 4. The fraction of sp³-hybridized carbons (Fsp3) is 0.600. The van der Waals surface area contributed by atoms with Gasteiger partial charge >= 0.3 is 5.97 Å². The van der Waals surface area contributed by atoms with E-state index in [2.05, 4.69) is 19.2 Å². The number of carboxylic acids is 1. The molecule has 0 bridgehead atoms. The first-order chi connectivity index (χ1) is 9.47. The second kappa shape index (κ2) is 6.11. The molecule has 3 atom stereocenters. The molecule has 1 amide bonds. The van der Waals surface area contributed by atoms with Crippen LogP contribution >= 0.6 is 0 Å². The number of carbonyl (C=O) groups excluding carboxylic acids is 1. The Kier molecular flexibility index (Phi) is 4.47. The number of nitrogens with one attached hydrogen (secondary N) is 1. The van der Waals surface area contributed by atoms with Crippen molar-refractivity contribution in [2.24, 2.45) is 11.8 Å². The van der Waals surface area contributed by atoms with E-state index in [0.29, 0.717) is 17.5 Å². The summed E-state index contributed by atoms with van der Waals surface area (Å²) in [5, 5.41) is 11.9. The molecule has 0 aromatic carbocycles. The monoisotopic (exact) mass is 278 g/mol. The number of amides is 1. The summed E-state index contributed by atoms with van der Waals surface area (Å²) in [6.07, 6.45) is 4.87. The molecule has 1 fully saturated rings. The molecule has 5 nitrogen and oxygen atoms in total. The van der Waals surface area contributed by atoms with Crippen LogP contribution in [0.15, 0.2) is 18.3 Å². The number of hydrogen-bond donors (Lipinski definition) is 2. The second-order valence-corrected chi connectivity index (χ2v) is 5.89. The van der Waals surface area contributed by atoms with E-state index in [-0.39, 0.29) is 18.5 Å². The first-order valence-corrected chi connectivity index (χ1v) is 7.15. The molecule has 110 valence electrons. The number of hydrogen-bond acceptors (Lipinski definition) is 2. The standard InChI is InChI=1S/C15H22N2O3/c1-10-5-6-12(11(2)8-10)16-15(20)13-4-3-7-17(13)9-14(18)19/h3-4,7,10-12H,5-6,8-9H2,1-2H3,(H,16,20)(H,18,19). The fourth-order valence-corrected chi connectivity index (χ4v) is 3.03. The Hall–Kier alpha value is -1.78. The average molecular weight is 278 g/mol. The van der Waals surface area contributed by atoms with E-state index >= 15 is 0 Å². The summed E-state index contributed by atoms with van der Waals surface area (Å²) in [6.45, 7) is 4.22. The van der Waals surface area contributed by atoms with Gasteiger partial charge in [0.25, 0.3) is 5.91 Å². The van der Waals surface area contributed by atoms with Crippen molar-refractivity contribution in [2.45, 2.75) is 45.7 Å². The molecule has 0 spiro atoms. The van der Waals surface area contributed by atoms with Crippen molar-refractivity contribution in [3.05, 3.63) is 24.0 Å². The minimum atomic E-state index is -0.949. The Morgan fingerprint density at radius 2 is 2.15 bits per heavy atom. The summed E-state index contributed by atoms with van der Waals surface area (Å²) in [6, 6.07) is 3.55. The zero-order valence-corrected chi connectivity index (χ0v) is 12.0. The molecule has 20 heavy (non-hydrogen) atoms. The van der Waals surface area contributed by atoms with Crippen molar-refractivity contribution < 1.29 is 14.7 Å². The fourth-order valence-electron chi connectivity index (χ4n) is 3.03. The Bertz CT molecular complexity index is 495. The molecule has 2 N–H and O–H groups in total. The smallest absolute Gasteiger partial charge is 0.323 e. The molecule has 0 saturated heterocycles. The quantitative estimate of drug-likeness (QED) is 0.886. The van der Waals surface area contributed by atoms with Crippen molar-refractivity contribution >= 4 is 11.9 Å². The van der Waals surface area contributed by atoms with Crippen LogP contribution in [0.4, 0.5) is 0 Å². The third-order valence-electron chi connectivity index (χ3n) is 4.12. The molecule has 0 aliphatic heterocycles. The summed E-state index contributed by atoms with van der Waals surface area (Å²) in [5.41, 5.74) is 0.415. The number of carbonyl (C=O) groups is 2. The maximum absolute atomic E-state index is 12.3. The molecule has 1 aliphatic carbocycles. The molecule has 0 radical (unpaired) electrons. The van der Waals surface area contributed by atoms with E-state index in [1.807, 2.05) is 0 Å². The molecule has 1 heterocycles. The van der Waals surface area contributed by atoms with Crippen LogP contribution in [0, 0.1) is 11.8 Å². The van der Waals surface area contributed by atoms with Crippen molar-refractivity contribution in [1.29, 1.82) is 0 Å². The maximum atomic E-state index is 12.3. The first-order valence-electron chi connectivity index (χ1n) is 7.15. The second-order valence-electron chi connectivity index (χ2n) is 5.89. The van der Waals surface area contributed by atoms with Crippen LogP contribution in [-0.2, 0) is 11.3 Å². The highest BCUT2D eigenvalue weighted by molar-refractivity contribution is 5.93. The summed E-state index contributed by atoms with van der Waals surface area (Å²) < 4.78 is 1.47. The van der Waals surface area contributed by atoms with E-state index in [1.165, 1.54) is 4.57 Å². The molecule has 1 aromatic rings. The van der Waals surface area contributed by atoms with E-state index in [0.717, 1.165) is 19.3 Å². The minimum absolute atomic E-state index is 0.178. The van der Waals surface area contributed by atoms with Gasteiger partial charge in [0.2, 0.25) is 0 Å². The zero-order chi connectivity index (χ0) is 14.7. The third kappa shape index (κ3) is 3.40. The molecule has 2 rings (SSSR count). The summed E-state index contributed by atoms with van der Waals surface area (Å²) >= 11 is 0. The van der Waals surface area contributed by atoms with Gasteiger partial charge < -0.3 is 15.0 Å². The Balaban J connectivity index is 2.01. The van der Waals surface area contributed by atoms with Crippen molar-refractivity contribution in [2.75, 3.05) is 0 Å². The van der Waals surface area contributed by atoms with Gasteiger partial charge in [-0.1, -0.05) is 13.8 Å². The summed E-state index contributed by atoms with van der Waals surface area (Å²) in [4.78, 5) is 23.0. The topological polar surface area (TPSA) is 71.3 Å². The number of nitrogens with zero attached hydrogens (tertiary/aromatic N) is 1. The maximum Gasteiger partial charge on any atom is 0.323 e. The highest BCUT2D eigenvalue weighted by Gasteiger charge is 2.27. The molecular formula is C15H22N2O3. The zero-order valence-electron chi connectivity index (χ0n) is 12.0. The van der Waals surface area contributed by atoms with Crippen LogP contribution < -0.4 is 5.32 Å². The van der Waals surface area contributed by atoms with Crippen LogP contribution in [0.1, 0.15) is 43.6 Å². The summed E-state index contributed by atoms with van der Waals surface area (Å²) in [5.74, 6) is 0.0531. The lowest BCUT2D eigenvalue weighted by Gasteiger charge is -2.33. The first kappa shape index (κ1) is 14.6. The van der Waals surface area contributed by atoms with Gasteiger partial charge in [-0.2, -0.15) is 0 Å². The average Bonchev–Trinajstić information content (AvgIpc) is 2.80. The Morgan fingerprint density at radius 3 is 2.80 bits per heavy atom. The number of aliphatic carboxylic acids is 1. The van der Waals surface area contributed by atoms with Crippen LogP contribution in [0.2, 0.25) is 0 Å². The lowest BCUT2D eigenvalue weighted by atomic mass is 9.80. The largest absolute Gasteiger partial charge is 0.480 e. The van der Waals surface area contributed by atoms with Gasteiger partial charge in [0.1, 0.15) is 12.2 Å². The molecular weight excluding hydrogens is 256 g/mol. The molecule has 3 unspecified atom stereocenters. The van der Waals surface area contributed by atoms with Gasteiger partial charge in [0.05, 0.1) is 0 Å². The lowest BCUT2D eigenvalue weighted by molar-refractivity contribution is -0.137. The van der Waals surface area contributed by atoms with Crippen LogP contribution in [0.25, 0.3) is 0 Å². The van der Waals surface area contributed by atoms with Crippen LogP contribution in [0.5, 0.6) is 0 Å². The van der Waals surface area contributed by atoms with Crippen molar-refractivity contribution in [1.82, 2.24) is 9.88 Å². The van der Waals surface area contributed by atoms with Gasteiger partial charge in [-0.15, -0.1) is 0 Å². The number of aromatic nitrogens is 1. The normalized spacial score (nSPS) is 26.2. The van der Waals surface area contributed by atoms with E-state index in [9.17, 15) is 9.59 Å². The van der Waals surface area contributed by atoms with E-state index in [1.54, 1.807) is 18.3 Å². The number of carboxylic acid groups (broad SMARTS) is 1. The Labute approximate surface area is 119 Å². The van der Waals surface area contributed by atoms with Crippen LogP contribution in [0.3, 0.4) is 0 Å². The predicted octanol–water partition coefficient (Wildman–Crippen LogP) is 2.13. The van der Waals surface area contributed by atoms with Crippen molar-refractivity contribution in [3.8, 4) is 0 Å². The molecule has 1 saturated carbocycles. The van der Waals surface area contributed by atoms with E-state index < -0.39 is 5.97 Å². The summed E-state index contributed by atoms with van der Waals surface area (Å²) in [7, 11) is 0. The van der Waals surface area contributed by atoms with Gasteiger partial charge in [-0.3, -0.25) is 9.59 Å². The van der Waals surface area contributed by atoms with Crippen molar-refractivity contribution in [3.63, 3.8) is 0 Å².